The quantitative estimate of drug-likeness (QED) is 0.873. The van der Waals surface area contributed by atoms with E-state index in [1.165, 1.54) is 12.5 Å². The monoisotopic (exact) mass is 328 g/mol. The van der Waals surface area contributed by atoms with Gasteiger partial charge in [0, 0.05) is 42.0 Å². The smallest absolute Gasteiger partial charge is 0.410 e. The third-order valence-corrected chi connectivity index (χ3v) is 4.71. The zero-order chi connectivity index (χ0) is 16.5. The van der Waals surface area contributed by atoms with Crippen molar-refractivity contribution >= 4 is 17.0 Å². The first-order valence-electron chi connectivity index (χ1n) is 8.44. The zero-order valence-electron chi connectivity index (χ0n) is 13.4. The van der Waals surface area contributed by atoms with Gasteiger partial charge in [0.1, 0.15) is 18.5 Å². The van der Waals surface area contributed by atoms with E-state index in [1.54, 1.807) is 11.0 Å². The molecule has 2 aliphatic heterocycles. The number of hydrogen-bond acceptors (Lipinski definition) is 4. The van der Waals surface area contributed by atoms with Crippen LogP contribution in [0.1, 0.15) is 24.8 Å². The predicted octanol–water partition coefficient (Wildman–Crippen LogP) is 2.45. The van der Waals surface area contributed by atoms with E-state index in [1.807, 2.05) is 12.1 Å². The molecule has 1 aromatic heterocycles. The van der Waals surface area contributed by atoms with Gasteiger partial charge in [-0.2, -0.15) is 0 Å². The van der Waals surface area contributed by atoms with Crippen LogP contribution in [0.4, 0.5) is 4.79 Å². The minimum absolute atomic E-state index is 0.132. The molecule has 6 heteroatoms. The summed E-state index contributed by atoms with van der Waals surface area (Å²) in [6.45, 7) is 1.90. The van der Waals surface area contributed by atoms with Crippen molar-refractivity contribution < 1.29 is 14.3 Å². The van der Waals surface area contributed by atoms with E-state index in [9.17, 15) is 9.59 Å². The first-order chi connectivity index (χ1) is 11.7. The first-order valence-corrected chi connectivity index (χ1v) is 8.44. The van der Waals surface area contributed by atoms with E-state index >= 15 is 0 Å². The maximum Gasteiger partial charge on any atom is 0.410 e. The number of benzene rings is 1. The van der Waals surface area contributed by atoms with Crippen LogP contribution in [0.5, 0.6) is 5.75 Å². The molecule has 1 amide bonds. The molecule has 4 rings (SSSR count). The number of pyridine rings is 1. The number of aromatic amines is 1. The Balaban J connectivity index is 1.54. The van der Waals surface area contributed by atoms with Gasteiger partial charge in [0.05, 0.1) is 0 Å². The van der Waals surface area contributed by atoms with Gasteiger partial charge in [-0.15, -0.1) is 0 Å². The molecule has 6 nitrogen and oxygen atoms in total. The number of likely N-dealkylation sites (tertiary alicyclic amines) is 1. The summed E-state index contributed by atoms with van der Waals surface area (Å²) in [5, 5.41) is 0.936. The molecule has 2 aromatic rings. The van der Waals surface area contributed by atoms with Crippen LogP contribution in [-0.4, -0.2) is 41.8 Å². The van der Waals surface area contributed by atoms with Crippen molar-refractivity contribution in [3.05, 3.63) is 40.2 Å². The van der Waals surface area contributed by atoms with Gasteiger partial charge in [-0.05, 0) is 37.5 Å². The lowest BCUT2D eigenvalue weighted by Gasteiger charge is -2.30. The van der Waals surface area contributed by atoms with Crippen LogP contribution in [0, 0.1) is 0 Å². The zero-order valence-corrected chi connectivity index (χ0v) is 13.4. The van der Waals surface area contributed by atoms with Gasteiger partial charge in [0.2, 0.25) is 5.56 Å². The van der Waals surface area contributed by atoms with Crippen LogP contribution in [0.15, 0.2) is 29.1 Å². The second-order valence-corrected chi connectivity index (χ2v) is 6.39. The number of amides is 1. The molecule has 1 atom stereocenters. The summed E-state index contributed by atoms with van der Waals surface area (Å²) in [4.78, 5) is 28.4. The number of aromatic nitrogens is 1. The lowest BCUT2D eigenvalue weighted by molar-refractivity contribution is 0.0289. The Morgan fingerprint density at radius 1 is 1.17 bits per heavy atom. The molecular weight excluding hydrogens is 308 g/mol. The highest BCUT2D eigenvalue weighted by Gasteiger charge is 2.27. The second kappa shape index (κ2) is 6.19. The van der Waals surface area contributed by atoms with E-state index in [0.717, 1.165) is 48.1 Å². The third kappa shape index (κ3) is 2.84. The first kappa shape index (κ1) is 15.1. The topological polar surface area (TPSA) is 71.6 Å². The second-order valence-electron chi connectivity index (χ2n) is 6.39. The van der Waals surface area contributed by atoms with E-state index in [0.29, 0.717) is 13.0 Å². The molecule has 1 aromatic carbocycles. The number of piperidine rings is 1. The fourth-order valence-corrected chi connectivity index (χ4v) is 3.46. The predicted molar refractivity (Wildman–Crippen MR) is 89.5 cm³/mol. The number of fused-ring (bicyclic) bond motifs is 3. The average Bonchev–Trinajstić information content (AvgIpc) is 2.62. The molecule has 1 saturated heterocycles. The van der Waals surface area contributed by atoms with Crippen molar-refractivity contribution in [2.24, 2.45) is 0 Å². The fraction of sp³-hybridized carbons (Fsp3) is 0.444. The van der Waals surface area contributed by atoms with Crippen molar-refractivity contribution in [1.29, 1.82) is 0 Å². The Bertz CT molecular complexity index is 823. The van der Waals surface area contributed by atoms with Crippen LogP contribution in [0.3, 0.4) is 0 Å². The Labute approximate surface area is 139 Å². The third-order valence-electron chi connectivity index (χ3n) is 4.71. The molecule has 3 heterocycles. The summed E-state index contributed by atoms with van der Waals surface area (Å²) in [6, 6.07) is 7.00. The summed E-state index contributed by atoms with van der Waals surface area (Å²) in [6.07, 6.45) is 3.30. The highest BCUT2D eigenvalue weighted by Crippen LogP contribution is 2.31. The molecule has 0 aliphatic carbocycles. The van der Waals surface area contributed by atoms with E-state index in [4.69, 9.17) is 9.47 Å². The normalized spacial score (nSPS) is 20.3. The van der Waals surface area contributed by atoms with Crippen molar-refractivity contribution in [2.45, 2.75) is 31.8 Å². The van der Waals surface area contributed by atoms with Crippen molar-refractivity contribution in [3.8, 4) is 5.75 Å². The molecule has 126 valence electrons. The van der Waals surface area contributed by atoms with E-state index in [-0.39, 0.29) is 17.8 Å². The van der Waals surface area contributed by atoms with Crippen LogP contribution >= 0.6 is 0 Å². The molecule has 0 spiro atoms. The summed E-state index contributed by atoms with van der Waals surface area (Å²) < 4.78 is 11.4. The van der Waals surface area contributed by atoms with Crippen LogP contribution in [-0.2, 0) is 11.2 Å². The van der Waals surface area contributed by atoms with Gasteiger partial charge in [-0.3, -0.25) is 4.79 Å². The van der Waals surface area contributed by atoms with Gasteiger partial charge in [-0.25, -0.2) is 4.79 Å². The Kier molecular flexibility index (Phi) is 3.88. The minimum Gasteiger partial charge on any atom is -0.489 e. The standard InChI is InChI=1S/C18H20N2O4/c21-17-7-4-13-14-10-12(11-23-16(14)6-5-15(13)19-17)24-18(22)20-8-2-1-3-9-20/h4-7,12H,1-3,8-11H2,(H,19,21). The molecule has 1 fully saturated rings. The summed E-state index contributed by atoms with van der Waals surface area (Å²) in [7, 11) is 0. The molecule has 2 aliphatic rings. The number of ether oxygens (including phenoxy) is 2. The number of carbonyl (C=O) groups is 1. The Hall–Kier alpha value is -2.50. The highest BCUT2D eigenvalue weighted by atomic mass is 16.6. The molecule has 1 N–H and O–H groups in total. The van der Waals surface area contributed by atoms with Crippen LogP contribution < -0.4 is 10.3 Å². The van der Waals surface area contributed by atoms with Gasteiger partial charge < -0.3 is 19.4 Å². The molecule has 0 bridgehead atoms. The Morgan fingerprint density at radius 3 is 2.83 bits per heavy atom. The number of H-pyrrole nitrogens is 1. The number of rotatable bonds is 1. The van der Waals surface area contributed by atoms with Crippen molar-refractivity contribution in [2.75, 3.05) is 19.7 Å². The molecule has 24 heavy (non-hydrogen) atoms. The number of nitrogens with zero attached hydrogens (tertiary/aromatic N) is 1. The lowest BCUT2D eigenvalue weighted by atomic mass is 9.99. The summed E-state index contributed by atoms with van der Waals surface area (Å²) >= 11 is 0. The lowest BCUT2D eigenvalue weighted by Crippen LogP contribution is -2.40. The minimum atomic E-state index is -0.301. The summed E-state index contributed by atoms with van der Waals surface area (Å²) in [5.41, 5.74) is 1.62. The largest absolute Gasteiger partial charge is 0.489 e. The molecule has 0 radical (unpaired) electrons. The van der Waals surface area contributed by atoms with Crippen LogP contribution in [0.25, 0.3) is 10.9 Å². The van der Waals surface area contributed by atoms with E-state index in [2.05, 4.69) is 4.98 Å². The number of hydrogen-bond donors (Lipinski definition) is 1. The molecule has 0 saturated carbocycles. The van der Waals surface area contributed by atoms with Crippen LogP contribution in [0.2, 0.25) is 0 Å². The van der Waals surface area contributed by atoms with Gasteiger partial charge in [0.25, 0.3) is 0 Å². The van der Waals surface area contributed by atoms with Gasteiger partial charge >= 0.3 is 6.09 Å². The van der Waals surface area contributed by atoms with Gasteiger partial charge in [0.15, 0.2) is 0 Å². The maximum atomic E-state index is 12.3. The van der Waals surface area contributed by atoms with Crippen molar-refractivity contribution in [1.82, 2.24) is 9.88 Å². The Morgan fingerprint density at radius 2 is 2.00 bits per heavy atom. The average molecular weight is 328 g/mol. The maximum absolute atomic E-state index is 12.3. The number of carbonyl (C=O) groups excluding carboxylic acids is 1. The highest BCUT2D eigenvalue weighted by molar-refractivity contribution is 5.84. The van der Waals surface area contributed by atoms with Gasteiger partial charge in [-0.1, -0.05) is 0 Å². The summed E-state index contributed by atoms with van der Waals surface area (Å²) in [5.74, 6) is 0.792. The van der Waals surface area contributed by atoms with Crippen molar-refractivity contribution in [3.63, 3.8) is 0 Å². The van der Waals surface area contributed by atoms with E-state index < -0.39 is 0 Å². The fourth-order valence-electron chi connectivity index (χ4n) is 3.46. The number of nitrogens with one attached hydrogen (secondary N) is 1. The molecular formula is C18H20N2O4. The SMILES string of the molecule is O=C(OC1COc2ccc3[nH]c(=O)ccc3c2C1)N1CCCCC1. The molecule has 1 unspecified atom stereocenters.